The van der Waals surface area contributed by atoms with Crippen LogP contribution >= 0.6 is 0 Å². The monoisotopic (exact) mass is 310 g/mol. The number of nitro groups is 1. The second-order valence-corrected chi connectivity index (χ2v) is 4.65. The van der Waals surface area contributed by atoms with Gasteiger partial charge >= 0.3 is 6.18 Å². The van der Waals surface area contributed by atoms with Gasteiger partial charge in [-0.05, 0) is 24.1 Å². The molecular formula is C15H13F3N2O2. The van der Waals surface area contributed by atoms with Crippen LogP contribution < -0.4 is 5.32 Å². The van der Waals surface area contributed by atoms with Gasteiger partial charge in [-0.15, -0.1) is 0 Å². The average Bonchev–Trinajstić information content (AvgIpc) is 2.47. The van der Waals surface area contributed by atoms with E-state index in [0.717, 1.165) is 17.7 Å². The van der Waals surface area contributed by atoms with E-state index in [9.17, 15) is 23.3 Å². The second kappa shape index (κ2) is 6.46. The summed E-state index contributed by atoms with van der Waals surface area (Å²) in [6.07, 6.45) is -3.99. The summed E-state index contributed by atoms with van der Waals surface area (Å²) in [5.41, 5.74) is -0.505. The predicted molar refractivity (Wildman–Crippen MR) is 76.7 cm³/mol. The molecule has 2 aromatic rings. The molecule has 0 spiro atoms. The Morgan fingerprint density at radius 3 is 2.36 bits per heavy atom. The first-order valence-electron chi connectivity index (χ1n) is 6.51. The Labute approximate surface area is 124 Å². The summed E-state index contributed by atoms with van der Waals surface area (Å²) in [4.78, 5) is 10.1. The maximum atomic E-state index is 12.6. The van der Waals surface area contributed by atoms with E-state index in [1.165, 1.54) is 0 Å². The molecule has 0 aromatic heterocycles. The number of rotatable bonds is 5. The standard InChI is InChI=1S/C15H13F3N2O2/c16-15(17,18)12-6-7-13(14(10-12)20(21)22)19-9-8-11-4-2-1-3-5-11/h1-7,10,19H,8-9H2. The van der Waals surface area contributed by atoms with Gasteiger partial charge in [0.25, 0.3) is 5.69 Å². The van der Waals surface area contributed by atoms with Gasteiger partial charge in [0.2, 0.25) is 0 Å². The Morgan fingerprint density at radius 1 is 1.09 bits per heavy atom. The largest absolute Gasteiger partial charge is 0.416 e. The van der Waals surface area contributed by atoms with E-state index in [1.54, 1.807) is 0 Å². The molecule has 1 N–H and O–H groups in total. The first-order valence-corrected chi connectivity index (χ1v) is 6.51. The molecule has 0 amide bonds. The number of halogens is 3. The second-order valence-electron chi connectivity index (χ2n) is 4.65. The lowest BCUT2D eigenvalue weighted by molar-refractivity contribution is -0.384. The summed E-state index contributed by atoms with van der Waals surface area (Å²) >= 11 is 0. The predicted octanol–water partition coefficient (Wildman–Crippen LogP) is 4.27. The van der Waals surface area contributed by atoms with Crippen LogP contribution in [0.15, 0.2) is 48.5 Å². The smallest absolute Gasteiger partial charge is 0.379 e. The molecule has 0 aliphatic heterocycles. The Morgan fingerprint density at radius 2 is 1.77 bits per heavy atom. The highest BCUT2D eigenvalue weighted by atomic mass is 19.4. The summed E-state index contributed by atoms with van der Waals surface area (Å²) in [5, 5.41) is 13.7. The maximum Gasteiger partial charge on any atom is 0.416 e. The van der Waals surface area contributed by atoms with Crippen molar-refractivity contribution in [3.05, 3.63) is 69.8 Å². The van der Waals surface area contributed by atoms with Crippen molar-refractivity contribution in [3.63, 3.8) is 0 Å². The van der Waals surface area contributed by atoms with Gasteiger partial charge in [0.05, 0.1) is 10.5 Å². The van der Waals surface area contributed by atoms with Crippen molar-refractivity contribution in [1.29, 1.82) is 0 Å². The number of alkyl halides is 3. The van der Waals surface area contributed by atoms with E-state index >= 15 is 0 Å². The molecule has 2 rings (SSSR count). The molecule has 4 nitrogen and oxygen atoms in total. The van der Waals surface area contributed by atoms with E-state index in [0.29, 0.717) is 19.0 Å². The summed E-state index contributed by atoms with van der Waals surface area (Å²) in [5.74, 6) is 0. The van der Waals surface area contributed by atoms with Crippen molar-refractivity contribution in [3.8, 4) is 0 Å². The summed E-state index contributed by atoms with van der Waals surface area (Å²) in [6.45, 7) is 0.385. The number of nitro benzene ring substituents is 1. The van der Waals surface area contributed by atoms with Crippen molar-refractivity contribution in [1.82, 2.24) is 0 Å². The summed E-state index contributed by atoms with van der Waals surface area (Å²) < 4.78 is 37.8. The van der Waals surface area contributed by atoms with Crippen LogP contribution in [-0.4, -0.2) is 11.5 Å². The van der Waals surface area contributed by atoms with Crippen molar-refractivity contribution in [2.24, 2.45) is 0 Å². The highest BCUT2D eigenvalue weighted by molar-refractivity contribution is 5.63. The van der Waals surface area contributed by atoms with Gasteiger partial charge in [-0.2, -0.15) is 13.2 Å². The van der Waals surface area contributed by atoms with Crippen LogP contribution in [0.2, 0.25) is 0 Å². The average molecular weight is 310 g/mol. The van der Waals surface area contributed by atoms with E-state index in [1.807, 2.05) is 30.3 Å². The molecule has 0 bridgehead atoms. The van der Waals surface area contributed by atoms with Gasteiger partial charge < -0.3 is 5.32 Å². The molecule has 0 atom stereocenters. The number of nitrogens with one attached hydrogen (secondary N) is 1. The molecular weight excluding hydrogens is 297 g/mol. The van der Waals surface area contributed by atoms with Crippen molar-refractivity contribution < 1.29 is 18.1 Å². The summed E-state index contributed by atoms with van der Waals surface area (Å²) in [7, 11) is 0. The number of anilines is 1. The molecule has 22 heavy (non-hydrogen) atoms. The van der Waals surface area contributed by atoms with E-state index in [2.05, 4.69) is 5.32 Å². The zero-order chi connectivity index (χ0) is 16.2. The molecule has 0 unspecified atom stereocenters. The van der Waals surface area contributed by atoms with Crippen LogP contribution in [0.25, 0.3) is 0 Å². The molecule has 2 aromatic carbocycles. The third kappa shape index (κ3) is 3.97. The van der Waals surface area contributed by atoms with E-state index < -0.39 is 22.4 Å². The fourth-order valence-electron chi connectivity index (χ4n) is 1.99. The van der Waals surface area contributed by atoms with Crippen LogP contribution in [0.5, 0.6) is 0 Å². The first kappa shape index (κ1) is 15.8. The zero-order valence-corrected chi connectivity index (χ0v) is 11.4. The minimum atomic E-state index is -4.60. The SMILES string of the molecule is O=[N+]([O-])c1cc(C(F)(F)F)ccc1NCCc1ccccc1. The number of hydrogen-bond donors (Lipinski definition) is 1. The highest BCUT2D eigenvalue weighted by Gasteiger charge is 2.32. The normalized spacial score (nSPS) is 11.2. The third-order valence-electron chi connectivity index (χ3n) is 3.09. The van der Waals surface area contributed by atoms with Gasteiger partial charge in [-0.25, -0.2) is 0 Å². The Bertz CT molecular complexity index is 658. The Kier molecular flexibility index (Phi) is 4.65. The quantitative estimate of drug-likeness (QED) is 0.663. The maximum absolute atomic E-state index is 12.6. The van der Waals surface area contributed by atoms with Crippen molar-refractivity contribution in [2.75, 3.05) is 11.9 Å². The molecule has 0 radical (unpaired) electrons. The van der Waals surface area contributed by atoms with Gasteiger partial charge in [0, 0.05) is 12.6 Å². The minimum absolute atomic E-state index is 0.0777. The van der Waals surface area contributed by atoms with Gasteiger partial charge in [0.15, 0.2) is 0 Å². The summed E-state index contributed by atoms with van der Waals surface area (Å²) in [6, 6.07) is 11.9. The molecule has 7 heteroatoms. The Hall–Kier alpha value is -2.57. The van der Waals surface area contributed by atoms with Gasteiger partial charge in [-0.1, -0.05) is 30.3 Å². The zero-order valence-electron chi connectivity index (χ0n) is 11.4. The molecule has 0 saturated heterocycles. The van der Waals surface area contributed by atoms with Gasteiger partial charge in [0.1, 0.15) is 5.69 Å². The Balaban J connectivity index is 2.12. The molecule has 0 aliphatic carbocycles. The molecule has 0 aliphatic rings. The number of benzene rings is 2. The van der Waals surface area contributed by atoms with Crippen LogP contribution in [-0.2, 0) is 12.6 Å². The van der Waals surface area contributed by atoms with E-state index in [-0.39, 0.29) is 5.69 Å². The lowest BCUT2D eigenvalue weighted by Gasteiger charge is -2.10. The number of hydrogen-bond acceptors (Lipinski definition) is 3. The fourth-order valence-corrected chi connectivity index (χ4v) is 1.99. The van der Waals surface area contributed by atoms with E-state index in [4.69, 9.17) is 0 Å². The minimum Gasteiger partial charge on any atom is -0.379 e. The van der Waals surface area contributed by atoms with Crippen molar-refractivity contribution in [2.45, 2.75) is 12.6 Å². The first-order chi connectivity index (χ1) is 10.4. The van der Waals surface area contributed by atoms with Crippen LogP contribution in [0.1, 0.15) is 11.1 Å². The van der Waals surface area contributed by atoms with Crippen LogP contribution in [0, 0.1) is 10.1 Å². The lowest BCUT2D eigenvalue weighted by Crippen LogP contribution is -2.09. The molecule has 0 saturated carbocycles. The van der Waals surface area contributed by atoms with Crippen LogP contribution in [0.4, 0.5) is 24.5 Å². The molecule has 0 heterocycles. The van der Waals surface area contributed by atoms with Gasteiger partial charge in [-0.3, -0.25) is 10.1 Å². The van der Waals surface area contributed by atoms with Crippen molar-refractivity contribution >= 4 is 11.4 Å². The third-order valence-corrected chi connectivity index (χ3v) is 3.09. The fraction of sp³-hybridized carbons (Fsp3) is 0.200. The topological polar surface area (TPSA) is 55.2 Å². The molecule has 0 fully saturated rings. The number of nitrogens with zero attached hydrogens (tertiary/aromatic N) is 1. The van der Waals surface area contributed by atoms with Crippen LogP contribution in [0.3, 0.4) is 0 Å². The molecule has 116 valence electrons. The lowest BCUT2D eigenvalue weighted by atomic mass is 10.1. The highest BCUT2D eigenvalue weighted by Crippen LogP contribution is 2.34.